The molecular formula is C7H13N3O3. The van der Waals surface area contributed by atoms with Crippen LogP contribution in [0.5, 0.6) is 0 Å². The van der Waals surface area contributed by atoms with Crippen LogP contribution in [-0.4, -0.2) is 48.6 Å². The molecule has 0 aromatic heterocycles. The normalized spacial score (nSPS) is 22.2. The van der Waals surface area contributed by atoms with Crippen molar-refractivity contribution in [3.05, 3.63) is 0 Å². The molecular weight excluding hydrogens is 174 g/mol. The van der Waals surface area contributed by atoms with Crippen LogP contribution in [-0.2, 0) is 9.63 Å². The molecule has 1 saturated heterocycles. The summed E-state index contributed by atoms with van der Waals surface area (Å²) >= 11 is 0. The highest BCUT2D eigenvalue weighted by molar-refractivity contribution is 5.94. The van der Waals surface area contributed by atoms with E-state index in [1.165, 1.54) is 4.90 Å². The number of nitrogens with zero attached hydrogens (tertiary/aromatic N) is 2. The third-order valence-corrected chi connectivity index (χ3v) is 1.70. The van der Waals surface area contributed by atoms with E-state index in [9.17, 15) is 9.59 Å². The maximum Gasteiger partial charge on any atom is 0.350 e. The van der Waals surface area contributed by atoms with Gasteiger partial charge in [-0.05, 0) is 0 Å². The fraction of sp³-hybridized carbons (Fsp3) is 0.714. The van der Waals surface area contributed by atoms with E-state index in [1.54, 1.807) is 14.1 Å². The number of urea groups is 1. The van der Waals surface area contributed by atoms with E-state index in [2.05, 4.69) is 0 Å². The third-order valence-electron chi connectivity index (χ3n) is 1.70. The van der Waals surface area contributed by atoms with Crippen molar-refractivity contribution < 1.29 is 14.4 Å². The highest BCUT2D eigenvalue weighted by atomic mass is 16.7. The molecule has 0 aromatic rings. The first-order valence-corrected chi connectivity index (χ1v) is 3.97. The van der Waals surface area contributed by atoms with E-state index in [-0.39, 0.29) is 25.0 Å². The molecule has 0 saturated carbocycles. The molecule has 1 rings (SSSR count). The zero-order valence-electron chi connectivity index (χ0n) is 7.69. The average Bonchev–Trinajstić information content (AvgIpc) is 2.45. The van der Waals surface area contributed by atoms with Gasteiger partial charge in [0.25, 0.3) is 5.91 Å². The molecule has 1 fully saturated rings. The van der Waals surface area contributed by atoms with Crippen LogP contribution in [0.3, 0.4) is 0 Å². The lowest BCUT2D eigenvalue weighted by Gasteiger charge is -2.18. The van der Waals surface area contributed by atoms with E-state index in [0.29, 0.717) is 0 Å². The van der Waals surface area contributed by atoms with E-state index >= 15 is 0 Å². The van der Waals surface area contributed by atoms with Gasteiger partial charge >= 0.3 is 6.03 Å². The first-order valence-electron chi connectivity index (χ1n) is 3.97. The van der Waals surface area contributed by atoms with Crippen LogP contribution < -0.4 is 5.73 Å². The lowest BCUT2D eigenvalue weighted by molar-refractivity contribution is -0.155. The van der Waals surface area contributed by atoms with E-state index in [4.69, 9.17) is 10.6 Å². The van der Waals surface area contributed by atoms with Crippen molar-refractivity contribution >= 4 is 11.9 Å². The second kappa shape index (κ2) is 3.71. The molecule has 13 heavy (non-hydrogen) atoms. The van der Waals surface area contributed by atoms with Crippen LogP contribution >= 0.6 is 0 Å². The van der Waals surface area contributed by atoms with Crippen LogP contribution in [0.2, 0.25) is 0 Å². The summed E-state index contributed by atoms with van der Waals surface area (Å²) in [5, 5.41) is 0.761. The molecule has 0 spiro atoms. The molecule has 6 nitrogen and oxygen atoms in total. The Morgan fingerprint density at radius 1 is 1.77 bits per heavy atom. The standard InChI is InChI=1S/C7H13N3O3/c1-9(2)7(12)10-6(11)3-5(4-8)13-10/h5H,3-4,8H2,1-2H3. The van der Waals surface area contributed by atoms with Gasteiger partial charge in [0.15, 0.2) is 0 Å². The summed E-state index contributed by atoms with van der Waals surface area (Å²) in [4.78, 5) is 28.8. The predicted octanol–water partition coefficient (Wildman–Crippen LogP) is -0.841. The summed E-state index contributed by atoms with van der Waals surface area (Å²) in [6.07, 6.45) is -0.188. The minimum Gasteiger partial charge on any atom is -0.329 e. The van der Waals surface area contributed by atoms with Crippen LogP contribution in [0.4, 0.5) is 4.79 Å². The molecule has 1 heterocycles. The summed E-state index contributed by atoms with van der Waals surface area (Å²) in [6.45, 7) is 0.239. The van der Waals surface area contributed by atoms with Crippen LogP contribution in [0.25, 0.3) is 0 Å². The van der Waals surface area contributed by atoms with Crippen LogP contribution in [0, 0.1) is 0 Å². The average molecular weight is 187 g/mol. The highest BCUT2D eigenvalue weighted by Crippen LogP contribution is 2.15. The number of nitrogens with two attached hydrogens (primary N) is 1. The summed E-state index contributed by atoms with van der Waals surface area (Å²) in [7, 11) is 3.10. The molecule has 2 N–H and O–H groups in total. The van der Waals surface area contributed by atoms with Gasteiger partial charge in [-0.2, -0.15) is 0 Å². The molecule has 0 bridgehead atoms. The zero-order valence-corrected chi connectivity index (χ0v) is 7.69. The Morgan fingerprint density at radius 2 is 2.38 bits per heavy atom. The molecule has 3 amide bonds. The van der Waals surface area contributed by atoms with Crippen molar-refractivity contribution in [1.29, 1.82) is 0 Å². The monoisotopic (exact) mass is 187 g/mol. The molecule has 0 aromatic carbocycles. The predicted molar refractivity (Wildman–Crippen MR) is 44.5 cm³/mol. The smallest absolute Gasteiger partial charge is 0.329 e. The number of hydrogen-bond acceptors (Lipinski definition) is 4. The van der Waals surface area contributed by atoms with E-state index < -0.39 is 6.03 Å². The van der Waals surface area contributed by atoms with Crippen molar-refractivity contribution in [3.63, 3.8) is 0 Å². The molecule has 0 radical (unpaired) electrons. The number of rotatable bonds is 1. The fourth-order valence-electron chi connectivity index (χ4n) is 0.983. The minimum atomic E-state index is -0.471. The largest absolute Gasteiger partial charge is 0.350 e. The Balaban J connectivity index is 2.62. The van der Waals surface area contributed by atoms with Gasteiger partial charge in [-0.15, -0.1) is 5.06 Å². The SMILES string of the molecule is CN(C)C(=O)N1OC(CN)CC1=O. The number of carbonyl (C=O) groups is 2. The van der Waals surface area contributed by atoms with Crippen molar-refractivity contribution in [1.82, 2.24) is 9.96 Å². The zero-order chi connectivity index (χ0) is 10.0. The minimum absolute atomic E-state index is 0.177. The van der Waals surface area contributed by atoms with Gasteiger partial charge in [0.05, 0.1) is 6.42 Å². The summed E-state index contributed by atoms with van der Waals surface area (Å²) in [6, 6.07) is -0.471. The Morgan fingerprint density at radius 3 is 2.77 bits per heavy atom. The number of carbonyl (C=O) groups excluding carboxylic acids is 2. The molecule has 74 valence electrons. The Labute approximate surface area is 76.2 Å². The van der Waals surface area contributed by atoms with E-state index in [1.807, 2.05) is 0 Å². The van der Waals surface area contributed by atoms with Gasteiger partial charge < -0.3 is 10.6 Å². The van der Waals surface area contributed by atoms with Gasteiger partial charge in [0.2, 0.25) is 0 Å². The summed E-state index contributed by atoms with van der Waals surface area (Å²) < 4.78 is 0. The maximum atomic E-state index is 11.3. The van der Waals surface area contributed by atoms with Gasteiger partial charge in [0, 0.05) is 20.6 Å². The fourth-order valence-corrected chi connectivity index (χ4v) is 0.983. The summed E-state index contributed by atoms with van der Waals surface area (Å²) in [5.74, 6) is -0.339. The highest BCUT2D eigenvalue weighted by Gasteiger charge is 2.35. The van der Waals surface area contributed by atoms with Gasteiger partial charge in [0.1, 0.15) is 6.10 Å². The van der Waals surface area contributed by atoms with Gasteiger partial charge in [-0.3, -0.25) is 9.63 Å². The quantitative estimate of drug-likeness (QED) is 0.580. The Hall–Kier alpha value is -1.14. The molecule has 1 unspecified atom stereocenters. The number of hydrogen-bond donors (Lipinski definition) is 1. The second-order valence-electron chi connectivity index (χ2n) is 3.03. The topological polar surface area (TPSA) is 75.9 Å². The Bertz CT molecular complexity index is 229. The number of imide groups is 1. The Kier molecular flexibility index (Phi) is 2.84. The molecule has 1 atom stereocenters. The first kappa shape index (κ1) is 9.94. The molecule has 0 aliphatic carbocycles. The first-order chi connectivity index (χ1) is 6.06. The second-order valence-corrected chi connectivity index (χ2v) is 3.03. The van der Waals surface area contributed by atoms with Crippen LogP contribution in [0.1, 0.15) is 6.42 Å². The number of amides is 3. The molecule has 1 aliphatic heterocycles. The van der Waals surface area contributed by atoms with Crippen molar-refractivity contribution in [2.75, 3.05) is 20.6 Å². The van der Waals surface area contributed by atoms with Crippen LogP contribution in [0.15, 0.2) is 0 Å². The third kappa shape index (κ3) is 1.96. The summed E-state index contributed by atoms with van der Waals surface area (Å²) in [5.41, 5.74) is 5.31. The lowest BCUT2D eigenvalue weighted by Crippen LogP contribution is -2.39. The van der Waals surface area contributed by atoms with Crippen molar-refractivity contribution in [2.45, 2.75) is 12.5 Å². The maximum absolute atomic E-state index is 11.3. The molecule has 6 heteroatoms. The van der Waals surface area contributed by atoms with Gasteiger partial charge in [-0.25, -0.2) is 4.79 Å². The molecule has 1 aliphatic rings. The van der Waals surface area contributed by atoms with Crippen molar-refractivity contribution in [3.8, 4) is 0 Å². The van der Waals surface area contributed by atoms with Crippen molar-refractivity contribution in [2.24, 2.45) is 5.73 Å². The van der Waals surface area contributed by atoms with Gasteiger partial charge in [-0.1, -0.05) is 0 Å². The van der Waals surface area contributed by atoms with E-state index in [0.717, 1.165) is 5.06 Å². The lowest BCUT2D eigenvalue weighted by atomic mass is 10.3. The number of hydroxylamine groups is 2.